The zero-order valence-corrected chi connectivity index (χ0v) is 15.0. The van der Waals surface area contributed by atoms with Crippen LogP contribution >= 0.6 is 0 Å². The Balaban J connectivity index is 1.72. The highest BCUT2D eigenvalue weighted by atomic mass is 16.5. The molecule has 0 aliphatic carbocycles. The Morgan fingerprint density at radius 3 is 2.60 bits per heavy atom. The molecule has 1 heterocycles. The van der Waals surface area contributed by atoms with Crippen molar-refractivity contribution in [3.8, 4) is 0 Å². The van der Waals surface area contributed by atoms with E-state index < -0.39 is 12.7 Å². The number of hydrogen-bond donors (Lipinski definition) is 2. The van der Waals surface area contributed by atoms with Crippen LogP contribution in [-0.2, 0) is 16.7 Å². The molecule has 130 valence electrons. The third-order valence-electron chi connectivity index (χ3n) is 4.67. The standard InChI is InChI=1S/C20H24BNO3/c1-4-5-6-14-7-9-15(10-8-14)19(23)22-16-11-12-17-18(13-16)21(24)25-20(17,2)3/h7-13,24H,4-6H2,1-3H3,(H,22,23). The number of aryl methyl sites for hydroxylation is 1. The van der Waals surface area contributed by atoms with Crippen molar-refractivity contribution in [2.75, 3.05) is 5.32 Å². The van der Waals surface area contributed by atoms with E-state index in [1.54, 1.807) is 6.07 Å². The molecular weight excluding hydrogens is 313 g/mol. The quantitative estimate of drug-likeness (QED) is 0.824. The molecule has 0 fully saturated rings. The van der Waals surface area contributed by atoms with Crippen molar-refractivity contribution in [1.82, 2.24) is 0 Å². The van der Waals surface area contributed by atoms with Crippen LogP contribution in [-0.4, -0.2) is 18.0 Å². The average molecular weight is 337 g/mol. The predicted molar refractivity (Wildman–Crippen MR) is 101 cm³/mol. The summed E-state index contributed by atoms with van der Waals surface area (Å²) in [5.41, 5.74) is 3.65. The third-order valence-corrected chi connectivity index (χ3v) is 4.67. The van der Waals surface area contributed by atoms with Gasteiger partial charge in [0.25, 0.3) is 5.91 Å². The molecule has 0 saturated heterocycles. The number of fused-ring (bicyclic) bond motifs is 1. The van der Waals surface area contributed by atoms with E-state index in [1.807, 2.05) is 50.2 Å². The number of carbonyl (C=O) groups is 1. The van der Waals surface area contributed by atoms with E-state index in [0.717, 1.165) is 24.8 Å². The van der Waals surface area contributed by atoms with Gasteiger partial charge in [0.05, 0.1) is 5.60 Å². The lowest BCUT2D eigenvalue weighted by molar-refractivity contribution is 0.101. The fourth-order valence-electron chi connectivity index (χ4n) is 3.21. The van der Waals surface area contributed by atoms with Gasteiger partial charge in [0.15, 0.2) is 0 Å². The first kappa shape index (κ1) is 17.7. The molecule has 0 unspecified atom stereocenters. The maximum Gasteiger partial charge on any atom is 0.492 e. The van der Waals surface area contributed by atoms with Gasteiger partial charge in [-0.1, -0.05) is 31.5 Å². The van der Waals surface area contributed by atoms with Crippen LogP contribution in [0.5, 0.6) is 0 Å². The summed E-state index contributed by atoms with van der Waals surface area (Å²) in [7, 11) is -0.959. The number of anilines is 1. The lowest BCUT2D eigenvalue weighted by atomic mass is 9.78. The second-order valence-corrected chi connectivity index (χ2v) is 7.04. The summed E-state index contributed by atoms with van der Waals surface area (Å²) in [5.74, 6) is -0.158. The van der Waals surface area contributed by atoms with Crippen LogP contribution in [0, 0.1) is 0 Å². The molecule has 2 aromatic carbocycles. The molecule has 2 N–H and O–H groups in total. The van der Waals surface area contributed by atoms with E-state index in [-0.39, 0.29) is 5.91 Å². The summed E-state index contributed by atoms with van der Waals surface area (Å²) in [6, 6.07) is 13.2. The number of amides is 1. The lowest BCUT2D eigenvalue weighted by Crippen LogP contribution is -2.29. The Hall–Kier alpha value is -2.11. The highest BCUT2D eigenvalue weighted by Crippen LogP contribution is 2.30. The van der Waals surface area contributed by atoms with Crippen molar-refractivity contribution in [1.29, 1.82) is 0 Å². The Bertz CT molecular complexity index is 771. The number of unbranched alkanes of at least 4 members (excludes halogenated alkanes) is 1. The number of hydrogen-bond acceptors (Lipinski definition) is 3. The molecule has 1 aliphatic rings. The van der Waals surface area contributed by atoms with E-state index in [2.05, 4.69) is 12.2 Å². The first-order valence-corrected chi connectivity index (χ1v) is 8.81. The molecule has 0 saturated carbocycles. The minimum atomic E-state index is -0.959. The van der Waals surface area contributed by atoms with Crippen LogP contribution in [0.25, 0.3) is 0 Å². The fraction of sp³-hybridized carbons (Fsp3) is 0.350. The molecule has 0 spiro atoms. The summed E-state index contributed by atoms with van der Waals surface area (Å²) >= 11 is 0. The Morgan fingerprint density at radius 1 is 1.20 bits per heavy atom. The SMILES string of the molecule is CCCCc1ccc(C(=O)Nc2ccc3c(c2)B(O)OC3(C)C)cc1. The fourth-order valence-corrected chi connectivity index (χ4v) is 3.21. The van der Waals surface area contributed by atoms with Gasteiger partial charge in [-0.25, -0.2) is 0 Å². The van der Waals surface area contributed by atoms with Crippen LogP contribution in [0.2, 0.25) is 0 Å². The number of benzene rings is 2. The van der Waals surface area contributed by atoms with E-state index in [0.29, 0.717) is 16.7 Å². The molecule has 1 aliphatic heterocycles. The minimum absolute atomic E-state index is 0.158. The number of carbonyl (C=O) groups excluding carboxylic acids is 1. The van der Waals surface area contributed by atoms with E-state index in [9.17, 15) is 9.82 Å². The van der Waals surface area contributed by atoms with Gasteiger partial charge in [-0.15, -0.1) is 0 Å². The first-order chi connectivity index (χ1) is 11.9. The normalized spacial score (nSPS) is 15.1. The van der Waals surface area contributed by atoms with Crippen molar-refractivity contribution in [3.05, 3.63) is 59.2 Å². The predicted octanol–water partition coefficient (Wildman–Crippen LogP) is 3.23. The van der Waals surface area contributed by atoms with Gasteiger partial charge >= 0.3 is 7.12 Å². The van der Waals surface area contributed by atoms with Crippen molar-refractivity contribution in [2.45, 2.75) is 45.6 Å². The molecule has 1 amide bonds. The molecule has 4 nitrogen and oxygen atoms in total. The molecule has 0 radical (unpaired) electrons. The largest absolute Gasteiger partial charge is 0.492 e. The van der Waals surface area contributed by atoms with Crippen molar-refractivity contribution < 1.29 is 14.5 Å². The molecule has 3 rings (SSSR count). The smallest absolute Gasteiger partial charge is 0.423 e. The Labute approximate surface area is 149 Å². The zero-order valence-electron chi connectivity index (χ0n) is 15.0. The third kappa shape index (κ3) is 3.78. The first-order valence-electron chi connectivity index (χ1n) is 8.81. The van der Waals surface area contributed by atoms with E-state index in [4.69, 9.17) is 4.65 Å². The summed E-state index contributed by atoms with van der Waals surface area (Å²) < 4.78 is 5.55. The molecule has 0 bridgehead atoms. The van der Waals surface area contributed by atoms with E-state index >= 15 is 0 Å². The maximum atomic E-state index is 12.4. The number of rotatable bonds is 5. The monoisotopic (exact) mass is 337 g/mol. The maximum absolute atomic E-state index is 12.4. The molecule has 25 heavy (non-hydrogen) atoms. The Morgan fingerprint density at radius 2 is 1.92 bits per heavy atom. The van der Waals surface area contributed by atoms with Gasteiger partial charge in [0.1, 0.15) is 0 Å². The highest BCUT2D eigenvalue weighted by molar-refractivity contribution is 6.62. The van der Waals surface area contributed by atoms with Crippen molar-refractivity contribution >= 4 is 24.2 Å². The number of nitrogens with one attached hydrogen (secondary N) is 1. The lowest BCUT2D eigenvalue weighted by Gasteiger charge is -2.19. The summed E-state index contributed by atoms with van der Waals surface area (Å²) in [6.45, 7) is 6.00. The van der Waals surface area contributed by atoms with Crippen LogP contribution in [0.15, 0.2) is 42.5 Å². The van der Waals surface area contributed by atoms with Gasteiger partial charge in [0.2, 0.25) is 0 Å². The van der Waals surface area contributed by atoms with Crippen LogP contribution in [0.1, 0.15) is 55.1 Å². The molecule has 5 heteroatoms. The van der Waals surface area contributed by atoms with Gasteiger partial charge in [-0.3, -0.25) is 4.79 Å². The van der Waals surface area contributed by atoms with Gasteiger partial charge < -0.3 is 15.0 Å². The summed E-state index contributed by atoms with van der Waals surface area (Å²) in [5, 5.41) is 13.0. The van der Waals surface area contributed by atoms with Crippen LogP contribution < -0.4 is 10.8 Å². The van der Waals surface area contributed by atoms with Crippen LogP contribution in [0.4, 0.5) is 5.69 Å². The van der Waals surface area contributed by atoms with Crippen molar-refractivity contribution in [3.63, 3.8) is 0 Å². The minimum Gasteiger partial charge on any atom is -0.423 e. The van der Waals surface area contributed by atoms with Gasteiger partial charge in [-0.05, 0) is 67.5 Å². The summed E-state index contributed by atoms with van der Waals surface area (Å²) in [6.07, 6.45) is 3.35. The van der Waals surface area contributed by atoms with E-state index in [1.165, 1.54) is 5.56 Å². The Kier molecular flexibility index (Phi) is 4.97. The van der Waals surface area contributed by atoms with Crippen molar-refractivity contribution in [2.24, 2.45) is 0 Å². The second kappa shape index (κ2) is 7.02. The zero-order chi connectivity index (χ0) is 18.0. The highest BCUT2D eigenvalue weighted by Gasteiger charge is 2.40. The average Bonchev–Trinajstić information content (AvgIpc) is 2.82. The second-order valence-electron chi connectivity index (χ2n) is 7.04. The summed E-state index contributed by atoms with van der Waals surface area (Å²) in [4.78, 5) is 12.4. The van der Waals surface area contributed by atoms with Gasteiger partial charge in [-0.2, -0.15) is 0 Å². The topological polar surface area (TPSA) is 58.6 Å². The molecular formula is C20H24BNO3. The molecule has 0 aromatic heterocycles. The van der Waals surface area contributed by atoms with Crippen LogP contribution in [0.3, 0.4) is 0 Å². The molecule has 0 atom stereocenters. The molecule has 2 aromatic rings. The van der Waals surface area contributed by atoms with Gasteiger partial charge in [0, 0.05) is 11.3 Å².